The van der Waals surface area contributed by atoms with Gasteiger partial charge in [0.2, 0.25) is 0 Å². The Morgan fingerprint density at radius 1 is 1.56 bits per heavy atom. The van der Waals surface area contributed by atoms with Crippen LogP contribution in [0.5, 0.6) is 0 Å². The number of nitrogens with zero attached hydrogens (tertiary/aromatic N) is 1. The fraction of sp³-hybridized carbons (Fsp3) is 0.273. The first kappa shape index (κ1) is 11.0. The predicted molar refractivity (Wildman–Crippen MR) is 65.6 cm³/mol. The lowest BCUT2D eigenvalue weighted by atomic mass is 9.99. The number of nitrogens with two attached hydrogens (primary N) is 1. The highest BCUT2D eigenvalue weighted by Crippen LogP contribution is 2.32. The number of rotatable bonds is 1. The average molecular weight is 235 g/mol. The SMILES string of the molecule is CC1CSc2ccccc2/C1=N\NC(N)=O. The molecule has 0 spiro atoms. The zero-order valence-electron chi connectivity index (χ0n) is 8.93. The molecule has 0 saturated carbocycles. The lowest BCUT2D eigenvalue weighted by Gasteiger charge is -2.22. The van der Waals surface area contributed by atoms with Crippen LogP contribution in [-0.2, 0) is 0 Å². The molecule has 3 N–H and O–H groups in total. The maximum atomic E-state index is 10.7. The molecule has 0 radical (unpaired) electrons. The van der Waals surface area contributed by atoms with Gasteiger partial charge in [-0.25, -0.2) is 10.2 Å². The zero-order chi connectivity index (χ0) is 11.5. The first-order valence-electron chi connectivity index (χ1n) is 5.03. The third-order valence-corrected chi connectivity index (χ3v) is 3.74. The smallest absolute Gasteiger partial charge is 0.332 e. The molecule has 4 nitrogen and oxygen atoms in total. The Morgan fingerprint density at radius 2 is 2.31 bits per heavy atom. The lowest BCUT2D eigenvalue weighted by molar-refractivity contribution is 0.249. The molecule has 0 aromatic heterocycles. The topological polar surface area (TPSA) is 67.5 Å². The van der Waals surface area contributed by atoms with Crippen molar-refractivity contribution in [2.45, 2.75) is 11.8 Å². The monoisotopic (exact) mass is 235 g/mol. The maximum Gasteiger partial charge on any atom is 0.332 e. The number of hydrazone groups is 1. The number of urea groups is 1. The fourth-order valence-electron chi connectivity index (χ4n) is 1.65. The van der Waals surface area contributed by atoms with E-state index in [4.69, 9.17) is 5.73 Å². The van der Waals surface area contributed by atoms with Crippen molar-refractivity contribution in [3.63, 3.8) is 0 Å². The van der Waals surface area contributed by atoms with Gasteiger partial charge in [0.05, 0.1) is 5.71 Å². The number of fused-ring (bicyclic) bond motifs is 1. The van der Waals surface area contributed by atoms with Crippen molar-refractivity contribution < 1.29 is 4.79 Å². The van der Waals surface area contributed by atoms with E-state index in [-0.39, 0.29) is 0 Å². The number of hydrogen-bond donors (Lipinski definition) is 2. The summed E-state index contributed by atoms with van der Waals surface area (Å²) in [6.07, 6.45) is 0. The summed E-state index contributed by atoms with van der Waals surface area (Å²) in [6.45, 7) is 2.09. The number of amides is 2. The van der Waals surface area contributed by atoms with Crippen LogP contribution >= 0.6 is 11.8 Å². The van der Waals surface area contributed by atoms with E-state index < -0.39 is 6.03 Å². The molecule has 16 heavy (non-hydrogen) atoms. The molecule has 0 bridgehead atoms. The molecule has 1 atom stereocenters. The minimum absolute atomic E-state index is 0.312. The van der Waals surface area contributed by atoms with Gasteiger partial charge in [0.25, 0.3) is 0 Å². The quantitative estimate of drug-likeness (QED) is 0.729. The van der Waals surface area contributed by atoms with Crippen LogP contribution < -0.4 is 11.2 Å². The number of hydrogen-bond acceptors (Lipinski definition) is 3. The van der Waals surface area contributed by atoms with Crippen molar-refractivity contribution >= 4 is 23.5 Å². The van der Waals surface area contributed by atoms with Crippen LogP contribution in [0.15, 0.2) is 34.3 Å². The molecular weight excluding hydrogens is 222 g/mol. The third-order valence-electron chi connectivity index (χ3n) is 2.41. The van der Waals surface area contributed by atoms with E-state index >= 15 is 0 Å². The molecule has 1 heterocycles. The number of primary amides is 1. The summed E-state index contributed by atoms with van der Waals surface area (Å²) >= 11 is 1.81. The van der Waals surface area contributed by atoms with E-state index in [1.807, 2.05) is 30.0 Å². The molecular formula is C11H13N3OS. The van der Waals surface area contributed by atoms with Gasteiger partial charge in [-0.3, -0.25) is 0 Å². The van der Waals surface area contributed by atoms with Gasteiger partial charge in [-0.15, -0.1) is 11.8 Å². The molecule has 1 aromatic carbocycles. The Kier molecular flexibility index (Phi) is 3.14. The van der Waals surface area contributed by atoms with Crippen molar-refractivity contribution in [3.05, 3.63) is 29.8 Å². The highest BCUT2D eigenvalue weighted by atomic mass is 32.2. The molecule has 2 rings (SSSR count). The van der Waals surface area contributed by atoms with Crippen molar-refractivity contribution in [1.82, 2.24) is 5.43 Å². The van der Waals surface area contributed by atoms with Crippen molar-refractivity contribution in [3.8, 4) is 0 Å². The molecule has 1 unspecified atom stereocenters. The van der Waals surface area contributed by atoms with E-state index in [0.717, 1.165) is 17.0 Å². The van der Waals surface area contributed by atoms with E-state index in [0.29, 0.717) is 5.92 Å². The Hall–Kier alpha value is -1.49. The number of carbonyl (C=O) groups excluding carboxylic acids is 1. The molecule has 1 aliphatic rings. The molecule has 0 fully saturated rings. The van der Waals surface area contributed by atoms with Gasteiger partial charge in [0.15, 0.2) is 0 Å². The summed E-state index contributed by atoms with van der Waals surface area (Å²) in [4.78, 5) is 11.9. The normalized spacial score (nSPS) is 21.6. The van der Waals surface area contributed by atoms with Crippen LogP contribution in [0.4, 0.5) is 4.79 Å². The highest BCUT2D eigenvalue weighted by Gasteiger charge is 2.22. The predicted octanol–water partition coefficient (Wildman–Crippen LogP) is 1.80. The van der Waals surface area contributed by atoms with Gasteiger partial charge in [-0.05, 0) is 6.07 Å². The second-order valence-corrected chi connectivity index (χ2v) is 4.74. The Balaban J connectivity index is 2.36. The number of nitrogens with one attached hydrogen (secondary N) is 1. The molecule has 2 amide bonds. The Bertz CT molecular complexity index is 445. The molecule has 0 aliphatic carbocycles. The standard InChI is InChI=1S/C11H13N3OS/c1-7-6-16-9-5-3-2-4-8(9)10(7)13-14-11(12)15/h2-5,7H,6H2,1H3,(H3,12,14,15)/b13-10-. The van der Waals surface area contributed by atoms with E-state index in [1.165, 1.54) is 4.90 Å². The Labute approximate surface area is 98.3 Å². The summed E-state index contributed by atoms with van der Waals surface area (Å²) in [7, 11) is 0. The molecule has 1 aromatic rings. The maximum absolute atomic E-state index is 10.7. The van der Waals surface area contributed by atoms with E-state index in [2.05, 4.69) is 23.5 Å². The molecule has 84 valence electrons. The minimum atomic E-state index is -0.629. The molecule has 1 aliphatic heterocycles. The van der Waals surface area contributed by atoms with Gasteiger partial charge in [-0.2, -0.15) is 5.10 Å². The van der Waals surface area contributed by atoms with Gasteiger partial charge in [0, 0.05) is 22.1 Å². The number of thioether (sulfide) groups is 1. The summed E-state index contributed by atoms with van der Waals surface area (Å²) in [5.41, 5.74) is 9.30. The van der Waals surface area contributed by atoms with Gasteiger partial charge in [0.1, 0.15) is 0 Å². The van der Waals surface area contributed by atoms with E-state index in [1.54, 1.807) is 0 Å². The Morgan fingerprint density at radius 3 is 3.06 bits per heavy atom. The highest BCUT2D eigenvalue weighted by molar-refractivity contribution is 7.99. The number of benzene rings is 1. The van der Waals surface area contributed by atoms with Crippen LogP contribution in [-0.4, -0.2) is 17.5 Å². The summed E-state index contributed by atoms with van der Waals surface area (Å²) in [5, 5.41) is 4.08. The van der Waals surface area contributed by atoms with Gasteiger partial charge < -0.3 is 5.73 Å². The first-order chi connectivity index (χ1) is 7.68. The van der Waals surface area contributed by atoms with Crippen LogP contribution in [0.25, 0.3) is 0 Å². The summed E-state index contributed by atoms with van der Waals surface area (Å²) in [6, 6.07) is 7.42. The van der Waals surface area contributed by atoms with Gasteiger partial charge in [-0.1, -0.05) is 25.1 Å². The molecule has 5 heteroatoms. The second kappa shape index (κ2) is 4.57. The largest absolute Gasteiger partial charge is 0.350 e. The van der Waals surface area contributed by atoms with E-state index in [9.17, 15) is 4.79 Å². The lowest BCUT2D eigenvalue weighted by Crippen LogP contribution is -2.29. The van der Waals surface area contributed by atoms with Crippen LogP contribution in [0.2, 0.25) is 0 Å². The first-order valence-corrected chi connectivity index (χ1v) is 6.02. The minimum Gasteiger partial charge on any atom is -0.350 e. The van der Waals surface area contributed by atoms with Crippen LogP contribution in [0.3, 0.4) is 0 Å². The van der Waals surface area contributed by atoms with Crippen molar-refractivity contribution in [2.24, 2.45) is 16.8 Å². The van der Waals surface area contributed by atoms with Crippen LogP contribution in [0.1, 0.15) is 12.5 Å². The second-order valence-electron chi connectivity index (χ2n) is 3.68. The zero-order valence-corrected chi connectivity index (χ0v) is 9.75. The third kappa shape index (κ3) is 2.19. The van der Waals surface area contributed by atoms with Crippen molar-refractivity contribution in [2.75, 3.05) is 5.75 Å². The van der Waals surface area contributed by atoms with Gasteiger partial charge >= 0.3 is 6.03 Å². The van der Waals surface area contributed by atoms with Crippen LogP contribution in [0, 0.1) is 5.92 Å². The summed E-state index contributed by atoms with van der Waals surface area (Å²) in [5.74, 6) is 1.28. The summed E-state index contributed by atoms with van der Waals surface area (Å²) < 4.78 is 0. The average Bonchev–Trinajstić information content (AvgIpc) is 2.27. The molecule has 0 saturated heterocycles. The van der Waals surface area contributed by atoms with Crippen molar-refractivity contribution in [1.29, 1.82) is 0 Å². The number of carbonyl (C=O) groups is 1. The fourth-order valence-corrected chi connectivity index (χ4v) is 2.74.